The highest BCUT2D eigenvalue weighted by atomic mass is 16.7. The van der Waals surface area contributed by atoms with E-state index in [0.29, 0.717) is 12.8 Å². The first-order valence-corrected chi connectivity index (χ1v) is 32.3. The summed E-state index contributed by atoms with van der Waals surface area (Å²) < 4.78 is 22.9. The third kappa shape index (κ3) is 33.7. The monoisotopic (exact) mass is 1090 g/mol. The van der Waals surface area contributed by atoms with Crippen LogP contribution < -0.4 is 5.32 Å². The van der Waals surface area contributed by atoms with Gasteiger partial charge in [-0.3, -0.25) is 4.79 Å². The molecule has 9 N–H and O–H groups in total. The number of ether oxygens (including phenoxy) is 4. The Morgan fingerprint density at radius 2 is 0.750 bits per heavy atom. The van der Waals surface area contributed by atoms with Gasteiger partial charge in [-0.1, -0.05) is 277 Å². The molecule has 2 fully saturated rings. The lowest BCUT2D eigenvalue weighted by atomic mass is 9.97. The van der Waals surface area contributed by atoms with Crippen LogP contribution in [0.1, 0.15) is 296 Å². The van der Waals surface area contributed by atoms with Gasteiger partial charge < -0.3 is 65.1 Å². The SMILES string of the molecule is CCCCCCCCCCCCCCCCCCCCCCCCCCCCCC(O)C(COC1OC(CO)C(OC2OC(CO)C(O)C(O)C2O)C(O)C1O)NC(=O)CCCCCCCCCCCCCCCCC. The molecule has 0 saturated carbocycles. The van der Waals surface area contributed by atoms with Crippen molar-refractivity contribution in [2.24, 2.45) is 0 Å². The molecule has 0 aliphatic carbocycles. The molecular formula is C62H121NO13. The molecule has 1 amide bonds. The van der Waals surface area contributed by atoms with E-state index in [0.717, 1.165) is 51.4 Å². The Morgan fingerprint density at radius 1 is 0.421 bits per heavy atom. The average Bonchev–Trinajstić information content (AvgIpc) is 3.42. The number of aliphatic hydroxyl groups excluding tert-OH is 8. The molecule has 452 valence electrons. The minimum absolute atomic E-state index is 0.200. The van der Waals surface area contributed by atoms with E-state index in [1.807, 2.05) is 0 Å². The van der Waals surface area contributed by atoms with Gasteiger partial charge in [0.25, 0.3) is 0 Å². The highest BCUT2D eigenvalue weighted by Crippen LogP contribution is 2.30. The molecule has 0 radical (unpaired) electrons. The lowest BCUT2D eigenvalue weighted by molar-refractivity contribution is -0.359. The van der Waals surface area contributed by atoms with Gasteiger partial charge in [0, 0.05) is 6.42 Å². The number of carbonyl (C=O) groups is 1. The topological polar surface area (TPSA) is 228 Å². The number of nitrogens with one attached hydrogen (secondary N) is 1. The van der Waals surface area contributed by atoms with E-state index in [2.05, 4.69) is 19.2 Å². The van der Waals surface area contributed by atoms with E-state index in [-0.39, 0.29) is 12.5 Å². The number of rotatable bonds is 53. The fraction of sp³-hybridized carbons (Fsp3) is 0.984. The molecule has 12 unspecified atom stereocenters. The van der Waals surface area contributed by atoms with Gasteiger partial charge in [-0.15, -0.1) is 0 Å². The van der Waals surface area contributed by atoms with Crippen LogP contribution in [0.5, 0.6) is 0 Å². The van der Waals surface area contributed by atoms with E-state index in [4.69, 9.17) is 18.9 Å². The first-order chi connectivity index (χ1) is 37.1. The first-order valence-electron chi connectivity index (χ1n) is 32.3. The quantitative estimate of drug-likeness (QED) is 0.0259. The van der Waals surface area contributed by atoms with Crippen LogP contribution in [-0.4, -0.2) is 140 Å². The maximum Gasteiger partial charge on any atom is 0.220 e. The molecular weight excluding hydrogens is 967 g/mol. The van der Waals surface area contributed by atoms with Gasteiger partial charge in [-0.2, -0.15) is 0 Å². The third-order valence-corrected chi connectivity index (χ3v) is 16.3. The predicted octanol–water partition coefficient (Wildman–Crippen LogP) is 11.7. The van der Waals surface area contributed by atoms with E-state index < -0.39 is 86.8 Å². The molecule has 2 rings (SSSR count). The maximum absolute atomic E-state index is 13.3. The fourth-order valence-corrected chi connectivity index (χ4v) is 11.1. The molecule has 2 saturated heterocycles. The second-order valence-electron chi connectivity index (χ2n) is 23.3. The Kier molecular flexibility index (Phi) is 45.5. The second-order valence-corrected chi connectivity index (χ2v) is 23.3. The van der Waals surface area contributed by atoms with Gasteiger partial charge in [0.15, 0.2) is 12.6 Å². The van der Waals surface area contributed by atoms with Crippen LogP contribution in [0.25, 0.3) is 0 Å². The smallest absolute Gasteiger partial charge is 0.220 e. The van der Waals surface area contributed by atoms with Gasteiger partial charge >= 0.3 is 0 Å². The summed E-state index contributed by atoms with van der Waals surface area (Å²) in [7, 11) is 0. The summed E-state index contributed by atoms with van der Waals surface area (Å²) in [4.78, 5) is 13.3. The van der Waals surface area contributed by atoms with Crippen molar-refractivity contribution in [3.63, 3.8) is 0 Å². The fourth-order valence-electron chi connectivity index (χ4n) is 11.1. The van der Waals surface area contributed by atoms with E-state index >= 15 is 0 Å². The zero-order valence-electron chi connectivity index (χ0n) is 48.8. The molecule has 14 nitrogen and oxygen atoms in total. The van der Waals surface area contributed by atoms with E-state index in [1.165, 1.54) is 218 Å². The van der Waals surface area contributed by atoms with Crippen molar-refractivity contribution < 1.29 is 64.6 Å². The molecule has 76 heavy (non-hydrogen) atoms. The summed E-state index contributed by atoms with van der Waals surface area (Å²) in [6.45, 7) is 2.91. The van der Waals surface area contributed by atoms with Gasteiger partial charge in [-0.05, 0) is 12.8 Å². The van der Waals surface area contributed by atoms with Gasteiger partial charge in [0.05, 0.1) is 32.0 Å². The predicted molar refractivity (Wildman–Crippen MR) is 305 cm³/mol. The largest absolute Gasteiger partial charge is 0.394 e. The minimum atomic E-state index is -1.78. The Hall–Kier alpha value is -1.01. The van der Waals surface area contributed by atoms with Crippen LogP contribution in [0.2, 0.25) is 0 Å². The normalized spacial score (nSPS) is 24.8. The third-order valence-electron chi connectivity index (χ3n) is 16.3. The molecule has 0 spiro atoms. The summed E-state index contributed by atoms with van der Waals surface area (Å²) in [5, 5.41) is 87.4. The molecule has 0 bridgehead atoms. The van der Waals surface area contributed by atoms with Gasteiger partial charge in [-0.25, -0.2) is 0 Å². The summed E-state index contributed by atoms with van der Waals surface area (Å²) in [5.74, 6) is -0.200. The highest BCUT2D eigenvalue weighted by Gasteiger charge is 2.51. The lowest BCUT2D eigenvalue weighted by Crippen LogP contribution is -2.65. The van der Waals surface area contributed by atoms with Crippen molar-refractivity contribution in [3.8, 4) is 0 Å². The molecule has 0 aromatic heterocycles. The van der Waals surface area contributed by atoms with Crippen molar-refractivity contribution >= 4 is 5.91 Å². The number of amides is 1. The lowest BCUT2D eigenvalue weighted by Gasteiger charge is -2.46. The first kappa shape index (κ1) is 71.1. The molecule has 2 aliphatic heterocycles. The van der Waals surface area contributed by atoms with Crippen LogP contribution in [0, 0.1) is 0 Å². The van der Waals surface area contributed by atoms with Gasteiger partial charge in [0.2, 0.25) is 5.91 Å². The summed E-state index contributed by atoms with van der Waals surface area (Å²) in [6, 6.07) is -0.823. The number of unbranched alkanes of at least 4 members (excludes halogenated alkanes) is 40. The summed E-state index contributed by atoms with van der Waals surface area (Å²) in [5.41, 5.74) is 0. The Labute approximate surface area is 464 Å². The number of carbonyl (C=O) groups excluding carboxylic acids is 1. The molecule has 12 atom stereocenters. The molecule has 2 heterocycles. The second kappa shape index (κ2) is 48.7. The highest BCUT2D eigenvalue weighted by molar-refractivity contribution is 5.76. The number of hydrogen-bond donors (Lipinski definition) is 9. The average molecular weight is 1090 g/mol. The zero-order chi connectivity index (χ0) is 55.3. The summed E-state index contributed by atoms with van der Waals surface area (Å²) >= 11 is 0. The van der Waals surface area contributed by atoms with Crippen LogP contribution >= 0.6 is 0 Å². The molecule has 0 aromatic carbocycles. The van der Waals surface area contributed by atoms with Crippen molar-refractivity contribution in [3.05, 3.63) is 0 Å². The van der Waals surface area contributed by atoms with Crippen molar-refractivity contribution in [1.82, 2.24) is 5.32 Å². The van der Waals surface area contributed by atoms with E-state index in [1.54, 1.807) is 0 Å². The standard InChI is InChI=1S/C62H121NO13/c1-3-5-7-9-11-13-15-17-19-20-21-22-23-24-25-26-27-28-29-30-32-33-35-37-39-41-43-45-51(66)50(63-54(67)46-44-42-40-38-36-34-31-18-16-14-12-10-8-6-4-2)49-73-61-59(72)57(70)60(53(48-65)75-61)76-62-58(71)56(69)55(68)52(47-64)74-62/h50-53,55-62,64-66,68-72H,3-49H2,1-2H3,(H,63,67). The van der Waals surface area contributed by atoms with Crippen molar-refractivity contribution in [1.29, 1.82) is 0 Å². The summed E-state index contributed by atoms with van der Waals surface area (Å²) in [6.07, 6.45) is 38.3. The Morgan fingerprint density at radius 3 is 1.12 bits per heavy atom. The van der Waals surface area contributed by atoms with Crippen LogP contribution in [0.3, 0.4) is 0 Å². The molecule has 2 aliphatic rings. The van der Waals surface area contributed by atoms with Crippen molar-refractivity contribution in [2.75, 3.05) is 19.8 Å². The van der Waals surface area contributed by atoms with Crippen LogP contribution in [0.15, 0.2) is 0 Å². The molecule has 0 aromatic rings. The Balaban J connectivity index is 1.68. The van der Waals surface area contributed by atoms with Crippen LogP contribution in [-0.2, 0) is 23.7 Å². The number of aliphatic hydroxyl groups is 8. The van der Waals surface area contributed by atoms with Crippen molar-refractivity contribution in [2.45, 2.75) is 370 Å². The van der Waals surface area contributed by atoms with Crippen LogP contribution in [0.4, 0.5) is 0 Å². The number of hydrogen-bond acceptors (Lipinski definition) is 13. The zero-order valence-corrected chi connectivity index (χ0v) is 48.8. The van der Waals surface area contributed by atoms with Gasteiger partial charge in [0.1, 0.15) is 48.8 Å². The Bertz CT molecular complexity index is 1280. The minimum Gasteiger partial charge on any atom is -0.394 e. The molecule has 14 heteroatoms. The maximum atomic E-state index is 13.3. The van der Waals surface area contributed by atoms with E-state index in [9.17, 15) is 45.6 Å².